The second-order valence-corrected chi connectivity index (χ2v) is 12.4. The Bertz CT molecular complexity index is 1920. The lowest BCUT2D eigenvalue weighted by molar-refractivity contribution is -0.153. The average Bonchev–Trinajstić information content (AvgIpc) is 3.42. The molecular formula is C32H25ClF3NO4S. The second-order valence-electron chi connectivity index (χ2n) is 10.0. The van der Waals surface area contributed by atoms with Crippen molar-refractivity contribution < 1.29 is 30.8 Å². The Balaban J connectivity index is 1.53. The molecule has 216 valence electrons. The van der Waals surface area contributed by atoms with E-state index in [2.05, 4.69) is 0 Å². The maximum Gasteiger partial charge on any atom is 0.449 e. The first-order chi connectivity index (χ1) is 19.8. The van der Waals surface area contributed by atoms with Crippen LogP contribution in [0.2, 0.25) is 5.02 Å². The Kier molecular flexibility index (Phi) is 7.92. The third-order valence-corrected chi connectivity index (χ3v) is 8.40. The summed E-state index contributed by atoms with van der Waals surface area (Å²) in [5.74, 6) is -1.57. The van der Waals surface area contributed by atoms with Crippen LogP contribution in [0.3, 0.4) is 0 Å². The predicted molar refractivity (Wildman–Crippen MR) is 156 cm³/mol. The molecule has 5 rings (SSSR count). The first-order valence-corrected chi connectivity index (χ1v) is 15.1. The molecule has 0 spiro atoms. The molecule has 10 heteroatoms. The molecule has 0 bridgehead atoms. The van der Waals surface area contributed by atoms with E-state index in [1.165, 1.54) is 17.0 Å². The highest BCUT2D eigenvalue weighted by molar-refractivity contribution is 7.90. The van der Waals surface area contributed by atoms with Gasteiger partial charge in [-0.25, -0.2) is 8.42 Å². The number of furan rings is 1. The van der Waals surface area contributed by atoms with Gasteiger partial charge in [-0.1, -0.05) is 72.3 Å². The summed E-state index contributed by atoms with van der Waals surface area (Å²) in [4.78, 5) is 15.7. The minimum absolute atomic E-state index is 0.0218. The van der Waals surface area contributed by atoms with Crippen molar-refractivity contribution in [3.05, 3.63) is 124 Å². The first-order valence-electron chi connectivity index (χ1n) is 12.8. The number of rotatable bonds is 7. The lowest BCUT2D eigenvalue weighted by atomic mass is 9.98. The Morgan fingerprint density at radius 3 is 2.31 bits per heavy atom. The Labute approximate surface area is 246 Å². The number of carbonyl (C=O) groups excluding carboxylic acids is 1. The molecule has 1 heterocycles. The highest BCUT2D eigenvalue weighted by Gasteiger charge is 2.35. The molecule has 5 aromatic rings. The summed E-state index contributed by atoms with van der Waals surface area (Å²) in [5, 5.41) is 1.87. The highest BCUT2D eigenvalue weighted by Crippen LogP contribution is 2.33. The van der Waals surface area contributed by atoms with E-state index in [4.69, 9.17) is 16.0 Å². The summed E-state index contributed by atoms with van der Waals surface area (Å²) >= 11 is 6.67. The largest absolute Gasteiger partial charge is 0.455 e. The lowest BCUT2D eigenvalue weighted by Gasteiger charge is -2.24. The van der Waals surface area contributed by atoms with Crippen LogP contribution in [0.5, 0.6) is 0 Å². The predicted octanol–water partition coefficient (Wildman–Crippen LogP) is 8.33. The molecule has 0 aliphatic carbocycles. The van der Waals surface area contributed by atoms with Gasteiger partial charge >= 0.3 is 6.18 Å². The summed E-state index contributed by atoms with van der Waals surface area (Å²) in [5.41, 5.74) is 3.00. The quantitative estimate of drug-likeness (QED) is 0.186. The van der Waals surface area contributed by atoms with E-state index in [9.17, 15) is 26.4 Å². The minimum Gasteiger partial charge on any atom is -0.455 e. The molecule has 0 saturated heterocycles. The van der Waals surface area contributed by atoms with Crippen LogP contribution in [0.1, 0.15) is 33.0 Å². The van der Waals surface area contributed by atoms with Gasteiger partial charge < -0.3 is 9.32 Å². The number of alkyl halides is 3. The van der Waals surface area contributed by atoms with Crippen molar-refractivity contribution in [2.24, 2.45) is 0 Å². The SMILES string of the molecule is Cc1ccc2ccccc2c1C(=O)N(Cc1ccc(C(F)(F)F)o1)Cc1ccc(-c2cccc(S(C)(=O)=O)c2)cc1Cl. The molecule has 0 atom stereocenters. The van der Waals surface area contributed by atoms with Crippen molar-refractivity contribution in [2.75, 3.05) is 6.26 Å². The minimum atomic E-state index is -4.66. The highest BCUT2D eigenvalue weighted by atomic mass is 35.5. The van der Waals surface area contributed by atoms with Crippen LogP contribution in [-0.2, 0) is 29.1 Å². The van der Waals surface area contributed by atoms with Crippen molar-refractivity contribution in [1.82, 2.24) is 4.90 Å². The second kappa shape index (κ2) is 11.3. The number of fused-ring (bicyclic) bond motifs is 1. The van der Waals surface area contributed by atoms with Gasteiger partial charge in [0.25, 0.3) is 5.91 Å². The summed E-state index contributed by atoms with van der Waals surface area (Å²) in [7, 11) is -3.42. The number of nitrogens with zero attached hydrogens (tertiary/aromatic N) is 1. The molecule has 42 heavy (non-hydrogen) atoms. The molecule has 0 aliphatic rings. The van der Waals surface area contributed by atoms with Gasteiger partial charge in [0.2, 0.25) is 5.76 Å². The van der Waals surface area contributed by atoms with Gasteiger partial charge in [-0.05, 0) is 70.3 Å². The number of hydrogen-bond acceptors (Lipinski definition) is 4. The number of halogens is 4. The van der Waals surface area contributed by atoms with E-state index in [0.29, 0.717) is 32.8 Å². The van der Waals surface area contributed by atoms with Crippen LogP contribution < -0.4 is 0 Å². The third kappa shape index (κ3) is 6.22. The fourth-order valence-corrected chi connectivity index (χ4v) is 5.70. The third-order valence-electron chi connectivity index (χ3n) is 6.94. The fraction of sp³-hybridized carbons (Fsp3) is 0.156. The van der Waals surface area contributed by atoms with E-state index < -0.39 is 27.7 Å². The Morgan fingerprint density at radius 2 is 1.62 bits per heavy atom. The molecule has 0 N–H and O–H groups in total. The van der Waals surface area contributed by atoms with Crippen molar-refractivity contribution in [3.63, 3.8) is 0 Å². The molecule has 0 saturated carbocycles. The molecule has 0 aliphatic heterocycles. The maximum atomic E-state index is 14.1. The Hall–Kier alpha value is -4.08. The first kappa shape index (κ1) is 29.4. The van der Waals surface area contributed by atoms with Crippen LogP contribution in [0, 0.1) is 6.92 Å². The zero-order valence-electron chi connectivity index (χ0n) is 22.6. The fourth-order valence-electron chi connectivity index (χ4n) is 4.79. The lowest BCUT2D eigenvalue weighted by Crippen LogP contribution is -2.31. The molecular weight excluding hydrogens is 587 g/mol. The number of carbonyl (C=O) groups is 1. The van der Waals surface area contributed by atoms with Crippen LogP contribution in [0.15, 0.2) is 100 Å². The molecule has 5 nitrogen and oxygen atoms in total. The van der Waals surface area contributed by atoms with Gasteiger partial charge in [0.15, 0.2) is 9.84 Å². The Morgan fingerprint density at radius 1 is 0.881 bits per heavy atom. The van der Waals surface area contributed by atoms with E-state index in [-0.39, 0.29) is 23.7 Å². The van der Waals surface area contributed by atoms with E-state index >= 15 is 0 Å². The van der Waals surface area contributed by atoms with Crippen LogP contribution in [-0.4, -0.2) is 25.5 Å². The number of hydrogen-bond donors (Lipinski definition) is 0. The van der Waals surface area contributed by atoms with Crippen molar-refractivity contribution in [3.8, 4) is 11.1 Å². The molecule has 0 radical (unpaired) electrons. The molecule has 1 aromatic heterocycles. The summed E-state index contributed by atoms with van der Waals surface area (Å²) in [6.07, 6.45) is -3.53. The molecule has 0 fully saturated rings. The van der Waals surface area contributed by atoms with Gasteiger partial charge in [0, 0.05) is 17.8 Å². The maximum absolute atomic E-state index is 14.1. The van der Waals surface area contributed by atoms with Gasteiger partial charge in [0.05, 0.1) is 17.0 Å². The smallest absolute Gasteiger partial charge is 0.449 e. The standard InChI is InChI=1S/C32H25ClF3NO4S/c1-20-10-11-21-6-3-4-9-27(21)30(20)31(38)37(19-25-14-15-29(41-25)32(34,35)36)18-24-13-12-23(17-28(24)33)22-7-5-8-26(16-22)42(2,39)40/h3-17H,18-19H2,1-2H3. The summed E-state index contributed by atoms with van der Waals surface area (Å²) in [6.45, 7) is 1.55. The van der Waals surface area contributed by atoms with Crippen LogP contribution in [0.4, 0.5) is 13.2 Å². The summed E-state index contributed by atoms with van der Waals surface area (Å²) < 4.78 is 68.8. The van der Waals surface area contributed by atoms with Gasteiger partial charge in [0.1, 0.15) is 5.76 Å². The average molecular weight is 612 g/mol. The van der Waals surface area contributed by atoms with Crippen molar-refractivity contribution in [2.45, 2.75) is 31.1 Å². The number of benzene rings is 4. The number of sulfone groups is 1. The van der Waals surface area contributed by atoms with E-state index in [1.54, 1.807) is 43.3 Å². The van der Waals surface area contributed by atoms with Crippen molar-refractivity contribution in [1.29, 1.82) is 0 Å². The molecule has 1 amide bonds. The van der Waals surface area contributed by atoms with Crippen LogP contribution in [0.25, 0.3) is 21.9 Å². The van der Waals surface area contributed by atoms with E-state index in [0.717, 1.165) is 23.1 Å². The zero-order chi connectivity index (χ0) is 30.2. The van der Waals surface area contributed by atoms with E-state index in [1.807, 2.05) is 36.4 Å². The van der Waals surface area contributed by atoms with Crippen LogP contribution >= 0.6 is 11.6 Å². The molecule has 4 aromatic carbocycles. The van der Waals surface area contributed by atoms with Gasteiger partial charge in [-0.15, -0.1) is 0 Å². The number of aryl methyl sites for hydroxylation is 1. The topological polar surface area (TPSA) is 67.6 Å². The molecule has 0 unspecified atom stereocenters. The number of amides is 1. The normalized spacial score (nSPS) is 12.0. The summed E-state index contributed by atoms with van der Waals surface area (Å²) in [6, 6.07) is 24.8. The van der Waals surface area contributed by atoms with Gasteiger partial charge in [-0.3, -0.25) is 4.79 Å². The monoisotopic (exact) mass is 611 g/mol. The van der Waals surface area contributed by atoms with Gasteiger partial charge in [-0.2, -0.15) is 13.2 Å². The zero-order valence-corrected chi connectivity index (χ0v) is 24.1. The van der Waals surface area contributed by atoms with Crippen molar-refractivity contribution >= 4 is 38.1 Å².